The second kappa shape index (κ2) is 25.1. The second-order valence-electron chi connectivity index (χ2n) is 17.1. The minimum atomic E-state index is -1.45. The first-order chi connectivity index (χ1) is 29.7. The number of rotatable bonds is 14. The molecule has 0 spiro atoms. The van der Waals surface area contributed by atoms with Gasteiger partial charge in [0.1, 0.15) is 42.9 Å². The van der Waals surface area contributed by atoms with Crippen molar-refractivity contribution in [3.05, 3.63) is 24.3 Å². The van der Waals surface area contributed by atoms with Gasteiger partial charge in [0.15, 0.2) is 24.3 Å². The number of aldehydes is 1. The summed E-state index contributed by atoms with van der Waals surface area (Å²) in [5.41, 5.74) is -1.33. The summed E-state index contributed by atoms with van der Waals surface area (Å²) in [6, 6.07) is -0.833. The van der Waals surface area contributed by atoms with Gasteiger partial charge in [-0.2, -0.15) is 0 Å². The van der Waals surface area contributed by atoms with E-state index in [1.807, 2.05) is 6.92 Å². The molecule has 1 N–H and O–H groups in total. The van der Waals surface area contributed by atoms with Crippen molar-refractivity contribution in [2.75, 3.05) is 21.2 Å². The molecule has 3 heterocycles. The third-order valence-corrected chi connectivity index (χ3v) is 11.5. The van der Waals surface area contributed by atoms with E-state index in [0.717, 1.165) is 0 Å². The van der Waals surface area contributed by atoms with Crippen LogP contribution in [-0.4, -0.2) is 153 Å². The minimum Gasteiger partial charge on any atom is -0.462 e. The number of esters is 5. The lowest BCUT2D eigenvalue weighted by Gasteiger charge is -2.50. The van der Waals surface area contributed by atoms with E-state index >= 15 is 0 Å². The Bertz CT molecular complexity index is 1590. The van der Waals surface area contributed by atoms with E-state index in [1.54, 1.807) is 84.8 Å². The molecule has 18 nitrogen and oxygen atoms in total. The van der Waals surface area contributed by atoms with E-state index < -0.39 is 133 Å². The number of aliphatic hydroxyl groups excluding tert-OH is 1. The van der Waals surface area contributed by atoms with E-state index in [2.05, 4.69) is 0 Å². The van der Waals surface area contributed by atoms with Crippen LogP contribution >= 0.6 is 0 Å². The predicted octanol–water partition coefficient (Wildman–Crippen LogP) is 3.91. The normalized spacial score (nSPS) is 38.1. The predicted molar refractivity (Wildman–Crippen MR) is 224 cm³/mol. The number of hydrogen-bond acceptors (Lipinski definition) is 18. The molecular weight excluding hydrogens is 826 g/mol. The van der Waals surface area contributed by atoms with Crippen LogP contribution in [0.1, 0.15) is 107 Å². The van der Waals surface area contributed by atoms with Crippen LogP contribution in [0.5, 0.6) is 0 Å². The number of cyclic esters (lactones) is 1. The Balaban J connectivity index is 2.09. The van der Waals surface area contributed by atoms with Crippen molar-refractivity contribution in [3.63, 3.8) is 0 Å². The van der Waals surface area contributed by atoms with Crippen LogP contribution in [0.25, 0.3) is 0 Å². The van der Waals surface area contributed by atoms with Crippen LogP contribution in [0.3, 0.4) is 0 Å². The topological polar surface area (TPSA) is 218 Å². The van der Waals surface area contributed by atoms with Gasteiger partial charge < -0.3 is 62.2 Å². The highest BCUT2D eigenvalue weighted by Gasteiger charge is 2.54. The molecule has 16 atom stereocenters. The summed E-state index contributed by atoms with van der Waals surface area (Å²) in [6.07, 6.45) is -4.50. The average Bonchev–Trinajstić information content (AvgIpc) is 3.19. The van der Waals surface area contributed by atoms with Crippen molar-refractivity contribution in [1.82, 2.24) is 4.90 Å². The van der Waals surface area contributed by atoms with Gasteiger partial charge in [0.25, 0.3) is 0 Å². The lowest BCUT2D eigenvalue weighted by atomic mass is 9.82. The Kier molecular flexibility index (Phi) is 21.3. The zero-order valence-corrected chi connectivity index (χ0v) is 38.9. The maximum atomic E-state index is 13.4. The third kappa shape index (κ3) is 15.4. The lowest BCUT2D eigenvalue weighted by molar-refractivity contribution is -0.344. The molecule has 0 aliphatic carbocycles. The molecule has 3 rings (SSSR count). The molecule has 2 fully saturated rings. The number of likely N-dealkylation sites (N-methyl/N-ethyl adjacent to an activating group) is 1. The molecule has 0 amide bonds. The number of carbonyl (C=O) groups excluding carboxylic acids is 6. The summed E-state index contributed by atoms with van der Waals surface area (Å²) < 4.78 is 60.7. The molecule has 358 valence electrons. The van der Waals surface area contributed by atoms with Gasteiger partial charge in [-0.05, 0) is 66.1 Å². The molecule has 0 radical (unpaired) electrons. The first-order valence-corrected chi connectivity index (χ1v) is 21.9. The SMILES string of the molecule is CCC(=O)O[C@@H]1CC(=O)O[C@H](C)C/C=C/C=C/[C@H](OC(C)=O)[C@H](C)C[C@H](CC=O)[C@H](O[C@@H]2O[C@@H](C)[C@@H](O[C@@H]3C[C@@](C)(OC(=O)CC)[C@@H](OC(C)=O)[C@H](C)O3)[C@H](N(C)C)[C@@H]2O)[C@H]1OC. The molecule has 0 unspecified atom stereocenters. The van der Waals surface area contributed by atoms with E-state index in [4.69, 9.17) is 47.4 Å². The fraction of sp³-hybridized carbons (Fsp3) is 0.778. The van der Waals surface area contributed by atoms with Crippen LogP contribution in [0.2, 0.25) is 0 Å². The summed E-state index contributed by atoms with van der Waals surface area (Å²) in [5, 5.41) is 12.2. The molecule has 63 heavy (non-hydrogen) atoms. The zero-order chi connectivity index (χ0) is 47.2. The van der Waals surface area contributed by atoms with Crippen molar-refractivity contribution >= 4 is 36.1 Å². The average molecular weight is 898 g/mol. The first-order valence-electron chi connectivity index (χ1n) is 21.9. The smallest absolute Gasteiger partial charge is 0.309 e. The standard InChI is InChI=1S/C45H71NO17/c1-13-34(50)60-33-23-36(52)55-26(4)18-16-15-17-19-32(58-29(7)48)25(3)22-31(20-21-47)41(42(33)54-12)62-44-39(53)38(46(10)11)40(27(5)57-44)61-37-24-45(9,63-35(51)14-2)43(28(6)56-37)59-30(8)49/h15-17,19,21,25-28,31-33,37-44,53H,13-14,18,20,22-24H2,1-12H3/b16-15+,19-17+/t25-,26-,27+,28+,31+,32+,33-,37-,38-,39+,40-,41+,42+,43+,44+,45-/m1/s1. The Morgan fingerprint density at radius 2 is 1.57 bits per heavy atom. The Morgan fingerprint density at radius 1 is 0.905 bits per heavy atom. The Hall–Kier alpha value is -3.78. The van der Waals surface area contributed by atoms with Gasteiger partial charge in [-0.3, -0.25) is 24.0 Å². The zero-order valence-electron chi connectivity index (χ0n) is 38.9. The Morgan fingerprint density at radius 3 is 2.16 bits per heavy atom. The van der Waals surface area contributed by atoms with E-state index in [9.17, 15) is 33.9 Å². The fourth-order valence-electron chi connectivity index (χ4n) is 8.52. The van der Waals surface area contributed by atoms with Crippen LogP contribution in [0.15, 0.2) is 24.3 Å². The van der Waals surface area contributed by atoms with Crippen LogP contribution in [0.4, 0.5) is 0 Å². The van der Waals surface area contributed by atoms with Gasteiger partial charge >= 0.3 is 29.8 Å². The molecular formula is C45H71NO17. The van der Waals surface area contributed by atoms with Crippen LogP contribution in [-0.2, 0) is 76.1 Å². The van der Waals surface area contributed by atoms with E-state index in [1.165, 1.54) is 21.0 Å². The summed E-state index contributed by atoms with van der Waals surface area (Å²) in [6.45, 7) is 14.4. The molecule has 18 heteroatoms. The quantitative estimate of drug-likeness (QED) is 0.148. The van der Waals surface area contributed by atoms with Gasteiger partial charge in [-0.1, -0.05) is 39.0 Å². The summed E-state index contributed by atoms with van der Waals surface area (Å²) in [5.74, 6) is -4.06. The second-order valence-corrected chi connectivity index (χ2v) is 17.1. The highest BCUT2D eigenvalue weighted by Crippen LogP contribution is 2.39. The molecule has 0 aromatic rings. The van der Waals surface area contributed by atoms with E-state index in [-0.39, 0.29) is 32.1 Å². The molecule has 0 aromatic heterocycles. The van der Waals surface area contributed by atoms with Crippen molar-refractivity contribution in [3.8, 4) is 0 Å². The fourth-order valence-corrected chi connectivity index (χ4v) is 8.52. The van der Waals surface area contributed by atoms with Crippen molar-refractivity contribution in [2.24, 2.45) is 11.8 Å². The van der Waals surface area contributed by atoms with Crippen LogP contribution in [0, 0.1) is 11.8 Å². The molecule has 2 saturated heterocycles. The maximum Gasteiger partial charge on any atom is 0.309 e. The maximum absolute atomic E-state index is 13.4. The van der Waals surface area contributed by atoms with Crippen molar-refractivity contribution in [2.45, 2.75) is 193 Å². The van der Waals surface area contributed by atoms with Gasteiger partial charge in [0, 0.05) is 53.1 Å². The number of nitrogens with zero attached hydrogens (tertiary/aromatic N) is 1. The number of allylic oxidation sites excluding steroid dienone is 2. The van der Waals surface area contributed by atoms with Crippen molar-refractivity contribution < 1.29 is 81.2 Å². The molecule has 0 bridgehead atoms. The van der Waals surface area contributed by atoms with Gasteiger partial charge in [-0.25, -0.2) is 0 Å². The summed E-state index contributed by atoms with van der Waals surface area (Å²) in [7, 11) is 4.82. The molecule has 0 saturated carbocycles. The monoisotopic (exact) mass is 897 g/mol. The number of hydrogen-bond donors (Lipinski definition) is 1. The first kappa shape index (κ1) is 53.6. The third-order valence-electron chi connectivity index (χ3n) is 11.5. The highest BCUT2D eigenvalue weighted by molar-refractivity contribution is 5.73. The molecule has 0 aromatic carbocycles. The number of aliphatic hydroxyl groups is 1. The largest absolute Gasteiger partial charge is 0.462 e. The number of ether oxygens (including phenoxy) is 10. The Labute approximate surface area is 371 Å². The number of carbonyl (C=O) groups is 6. The van der Waals surface area contributed by atoms with E-state index in [0.29, 0.717) is 12.7 Å². The number of methoxy groups -OCH3 is 1. The minimum absolute atomic E-state index is 0.0253. The summed E-state index contributed by atoms with van der Waals surface area (Å²) >= 11 is 0. The molecule has 3 aliphatic rings. The van der Waals surface area contributed by atoms with Crippen LogP contribution < -0.4 is 0 Å². The summed E-state index contributed by atoms with van der Waals surface area (Å²) in [4.78, 5) is 77.6. The van der Waals surface area contributed by atoms with Gasteiger partial charge in [0.2, 0.25) is 0 Å². The lowest BCUT2D eigenvalue weighted by Crippen LogP contribution is -2.66. The highest BCUT2D eigenvalue weighted by atomic mass is 16.7. The van der Waals surface area contributed by atoms with Gasteiger partial charge in [-0.15, -0.1) is 0 Å². The molecule has 3 aliphatic heterocycles. The van der Waals surface area contributed by atoms with Crippen molar-refractivity contribution in [1.29, 1.82) is 0 Å². The van der Waals surface area contributed by atoms with Gasteiger partial charge in [0.05, 0.1) is 30.8 Å².